The van der Waals surface area contributed by atoms with Crippen LogP contribution in [0.3, 0.4) is 0 Å². The first-order valence-electron chi connectivity index (χ1n) is 6.96. The van der Waals surface area contributed by atoms with Crippen LogP contribution in [-0.4, -0.2) is 67.3 Å². The minimum atomic E-state index is -4.08. The summed E-state index contributed by atoms with van der Waals surface area (Å²) in [5, 5.41) is 0. The van der Waals surface area contributed by atoms with Gasteiger partial charge < -0.3 is 11.1 Å². The van der Waals surface area contributed by atoms with Crippen LogP contribution in [0.1, 0.15) is 6.99 Å². The Kier molecular flexibility index (Phi) is 7.99. The molecule has 1 aliphatic heterocycles. The van der Waals surface area contributed by atoms with Gasteiger partial charge >= 0.3 is 35.7 Å². The Morgan fingerprint density at radius 2 is 2.00 bits per heavy atom. The molecule has 1 fully saturated rings. The third-order valence-electron chi connectivity index (χ3n) is 3.64. The first kappa shape index (κ1) is 20.4. The van der Waals surface area contributed by atoms with Crippen LogP contribution in [0.4, 0.5) is 4.79 Å². The Labute approximate surface area is 160 Å². The minimum absolute atomic E-state index is 0. The molecule has 9 heteroatoms. The maximum absolute atomic E-state index is 12.1. The molecule has 1 aromatic carbocycles. The van der Waals surface area contributed by atoms with Crippen LogP contribution in [0.25, 0.3) is 0 Å². The molecule has 1 N–H and O–H groups in total. The molecule has 7 nitrogen and oxygen atoms in total. The van der Waals surface area contributed by atoms with Crippen molar-refractivity contribution < 1.29 is 53.5 Å². The van der Waals surface area contributed by atoms with Crippen LogP contribution in [0, 0.1) is 0 Å². The van der Waals surface area contributed by atoms with E-state index in [0.29, 0.717) is 13.1 Å². The maximum Gasteiger partial charge on any atom is 1.00 e. The maximum atomic E-state index is 12.1. The molecule has 0 spiro atoms. The molecule has 1 heterocycles. The summed E-state index contributed by atoms with van der Waals surface area (Å²) in [5.74, 6) is -0.397. The second-order valence-corrected chi connectivity index (χ2v) is 6.87. The van der Waals surface area contributed by atoms with Gasteiger partial charge in [0, 0.05) is 25.7 Å². The van der Waals surface area contributed by atoms with Gasteiger partial charge in [0.15, 0.2) is 0 Å². The summed E-state index contributed by atoms with van der Waals surface area (Å²) in [6.07, 6.45) is -0.475. The minimum Gasteiger partial charge on any atom is -1.00 e. The van der Waals surface area contributed by atoms with E-state index in [4.69, 9.17) is 9.29 Å². The summed E-state index contributed by atoms with van der Waals surface area (Å²) in [6.45, 7) is 1.38. The normalized spacial score (nSPS) is 19.0. The molecule has 2 rings (SSSR count). The second-order valence-electron chi connectivity index (χ2n) is 5.37. The van der Waals surface area contributed by atoms with Gasteiger partial charge in [-0.3, -0.25) is 9.45 Å². The van der Waals surface area contributed by atoms with Crippen LogP contribution in [0.2, 0.25) is 0 Å². The summed E-state index contributed by atoms with van der Waals surface area (Å²) in [6, 6.07) is 8.89. The van der Waals surface area contributed by atoms with E-state index in [1.54, 1.807) is 7.05 Å². The van der Waals surface area contributed by atoms with Gasteiger partial charge in [-0.25, -0.2) is 4.79 Å². The Bertz CT molecular complexity index is 617. The topological polar surface area (TPSA) is 87.2 Å². The fraction of sp³-hybridized carbons (Fsp3) is 0.500. The Balaban J connectivity index is 0.00000264. The summed E-state index contributed by atoms with van der Waals surface area (Å²) in [4.78, 5) is 15.3. The van der Waals surface area contributed by atoms with Crippen molar-refractivity contribution >= 4 is 16.2 Å². The molecule has 1 saturated heterocycles. The van der Waals surface area contributed by atoms with Gasteiger partial charge in [0.2, 0.25) is 0 Å². The van der Waals surface area contributed by atoms with Crippen molar-refractivity contribution in [2.45, 2.75) is 12.6 Å². The number of amides is 1. The van der Waals surface area contributed by atoms with E-state index < -0.39 is 28.0 Å². The summed E-state index contributed by atoms with van der Waals surface area (Å²) in [7, 11) is -2.32. The summed E-state index contributed by atoms with van der Waals surface area (Å²) >= 11 is 0. The fourth-order valence-corrected chi connectivity index (χ4v) is 3.19. The number of rotatable bonds is 4. The molecule has 1 aromatic rings. The molecule has 0 bridgehead atoms. The molecule has 0 saturated carbocycles. The van der Waals surface area contributed by atoms with Crippen molar-refractivity contribution in [2.24, 2.45) is 0 Å². The Morgan fingerprint density at radius 1 is 1.35 bits per heavy atom. The molecule has 0 aromatic heterocycles. The Hall–Kier alpha value is -0.640. The zero-order valence-corrected chi connectivity index (χ0v) is 16.2. The first-order valence-corrected chi connectivity index (χ1v) is 8.57. The molecular formula is C14H21N2NaO5S. The third kappa shape index (κ3) is 6.78. The van der Waals surface area contributed by atoms with E-state index >= 15 is 0 Å². The predicted molar refractivity (Wildman–Crippen MR) is 82.1 cm³/mol. The number of likely N-dealkylation sites (N-methyl/N-ethyl adjacent to an activating group) is 1. The number of piperazine rings is 1. The molecule has 1 aliphatic rings. The van der Waals surface area contributed by atoms with Crippen molar-refractivity contribution in [1.29, 1.82) is 0 Å². The number of carbonyl (C=O) groups excluding carboxylic acids is 1. The third-order valence-corrected chi connectivity index (χ3v) is 4.45. The largest absolute Gasteiger partial charge is 1.00 e. The zero-order valence-electron chi connectivity index (χ0n) is 14.4. The van der Waals surface area contributed by atoms with E-state index in [9.17, 15) is 13.2 Å². The van der Waals surface area contributed by atoms with Crippen LogP contribution < -0.4 is 29.6 Å². The van der Waals surface area contributed by atoms with Gasteiger partial charge in [-0.1, -0.05) is 30.3 Å². The van der Waals surface area contributed by atoms with Crippen LogP contribution in [-0.2, 0) is 21.5 Å². The molecule has 1 atom stereocenters. The van der Waals surface area contributed by atoms with E-state index in [1.165, 1.54) is 4.90 Å². The van der Waals surface area contributed by atoms with Gasteiger partial charge in [0.1, 0.15) is 6.61 Å². The van der Waals surface area contributed by atoms with Crippen molar-refractivity contribution in [3.63, 3.8) is 0 Å². The number of ether oxygens (including phenoxy) is 1. The average Bonchev–Trinajstić information content (AvgIpc) is 2.47. The van der Waals surface area contributed by atoms with Gasteiger partial charge in [0.25, 0.3) is 10.1 Å². The Morgan fingerprint density at radius 3 is 2.61 bits per heavy atom. The van der Waals surface area contributed by atoms with Gasteiger partial charge in [-0.05, 0) is 12.6 Å². The molecule has 0 radical (unpaired) electrons. The van der Waals surface area contributed by atoms with Crippen LogP contribution in [0.15, 0.2) is 30.3 Å². The summed E-state index contributed by atoms with van der Waals surface area (Å²) in [5.41, 5.74) is 0.888. The van der Waals surface area contributed by atoms with E-state index in [-0.39, 0.29) is 44.1 Å². The van der Waals surface area contributed by atoms with Gasteiger partial charge in [-0.2, -0.15) is 8.42 Å². The second kappa shape index (κ2) is 9.00. The molecule has 124 valence electrons. The molecule has 23 heavy (non-hydrogen) atoms. The van der Waals surface area contributed by atoms with E-state index in [2.05, 4.69) is 0 Å². The molecule has 1 amide bonds. The smallest absolute Gasteiger partial charge is 1.00 e. The van der Waals surface area contributed by atoms with Crippen LogP contribution in [0.5, 0.6) is 0 Å². The number of hydrogen-bond acceptors (Lipinski definition) is 5. The SMILES string of the molecule is CN1CCN(C(=O)OCc2ccccc2)CC1CS(=O)(=O)O.[H-].[Na+]. The monoisotopic (exact) mass is 352 g/mol. The van der Waals surface area contributed by atoms with Crippen molar-refractivity contribution in [2.75, 3.05) is 32.4 Å². The van der Waals surface area contributed by atoms with Crippen LogP contribution >= 0.6 is 0 Å². The van der Waals surface area contributed by atoms with Crippen molar-refractivity contribution in [1.82, 2.24) is 9.80 Å². The average molecular weight is 352 g/mol. The predicted octanol–water partition coefficient (Wildman–Crippen LogP) is -2.06. The summed E-state index contributed by atoms with van der Waals surface area (Å²) < 4.78 is 36.3. The fourth-order valence-electron chi connectivity index (χ4n) is 2.35. The number of benzene rings is 1. The van der Waals surface area contributed by atoms with Gasteiger partial charge in [0.05, 0.1) is 5.75 Å². The number of hydrogen-bond donors (Lipinski definition) is 1. The zero-order chi connectivity index (χ0) is 16.2. The van der Waals surface area contributed by atoms with Crippen molar-refractivity contribution in [3.8, 4) is 0 Å². The standard InChI is InChI=1S/C14H20N2O5S.Na.H/c1-15-7-8-16(9-13(15)11-22(18,19)20)14(17)21-10-12-5-3-2-4-6-12;;/h2-6,13H,7-11H2,1H3,(H,18,19,20);;/q;+1;-1. The number of carbonyl (C=O) groups is 1. The van der Waals surface area contributed by atoms with E-state index in [0.717, 1.165) is 5.56 Å². The van der Waals surface area contributed by atoms with Gasteiger partial charge in [-0.15, -0.1) is 0 Å². The molecule has 0 aliphatic carbocycles. The first-order chi connectivity index (χ1) is 10.3. The van der Waals surface area contributed by atoms with E-state index in [1.807, 2.05) is 35.2 Å². The molecular weight excluding hydrogens is 331 g/mol. The molecule has 1 unspecified atom stereocenters. The number of nitrogens with zero attached hydrogens (tertiary/aromatic N) is 2. The quantitative estimate of drug-likeness (QED) is 0.496. The van der Waals surface area contributed by atoms with Crippen molar-refractivity contribution in [3.05, 3.63) is 35.9 Å².